The van der Waals surface area contributed by atoms with Crippen LogP contribution in [0.4, 0.5) is 4.39 Å². The molecule has 0 aliphatic heterocycles. The highest BCUT2D eigenvalue weighted by atomic mass is 35.5. The highest BCUT2D eigenvalue weighted by Crippen LogP contribution is 2.41. The number of carboxylic acids is 1. The van der Waals surface area contributed by atoms with E-state index in [2.05, 4.69) is 0 Å². The Kier molecular flexibility index (Phi) is 3.62. The minimum Gasteiger partial charge on any atom is -0.481 e. The molecule has 98 valence electrons. The lowest BCUT2D eigenvalue weighted by atomic mass is 9.69. The van der Waals surface area contributed by atoms with Gasteiger partial charge in [-0.15, -0.1) is 0 Å². The van der Waals surface area contributed by atoms with Gasteiger partial charge in [0.2, 0.25) is 0 Å². The fourth-order valence-corrected chi connectivity index (χ4v) is 2.91. The molecule has 0 amide bonds. The minimum absolute atomic E-state index is 0.302. The van der Waals surface area contributed by atoms with Gasteiger partial charge in [-0.25, -0.2) is 4.39 Å². The Balaban J connectivity index is 2.52. The number of hydrogen-bond donors (Lipinski definition) is 1. The van der Waals surface area contributed by atoms with E-state index in [0.29, 0.717) is 29.0 Å². The molecule has 1 aromatic carbocycles. The summed E-state index contributed by atoms with van der Waals surface area (Å²) in [4.78, 5) is 11.6. The van der Waals surface area contributed by atoms with Crippen LogP contribution < -0.4 is 0 Å². The molecule has 0 spiro atoms. The van der Waals surface area contributed by atoms with Gasteiger partial charge in [-0.05, 0) is 37.5 Å². The van der Waals surface area contributed by atoms with Gasteiger partial charge in [-0.1, -0.05) is 30.9 Å². The molecule has 2 rings (SSSR count). The Morgan fingerprint density at radius 1 is 1.33 bits per heavy atom. The minimum atomic E-state index is -0.962. The summed E-state index contributed by atoms with van der Waals surface area (Å²) in [7, 11) is 0. The number of hydrogen-bond acceptors (Lipinski definition) is 1. The first-order chi connectivity index (χ1) is 8.47. The molecule has 1 saturated carbocycles. The lowest BCUT2D eigenvalue weighted by Gasteiger charge is -2.34. The van der Waals surface area contributed by atoms with Gasteiger partial charge >= 0.3 is 5.97 Å². The zero-order valence-electron chi connectivity index (χ0n) is 10.3. The SMILES string of the molecule is Cc1c(F)cc(C2(C(=O)O)CCCCC2)cc1Cl. The number of halogens is 2. The zero-order valence-corrected chi connectivity index (χ0v) is 11.1. The van der Waals surface area contributed by atoms with Gasteiger partial charge in [0, 0.05) is 10.6 Å². The first-order valence-corrected chi connectivity index (χ1v) is 6.55. The van der Waals surface area contributed by atoms with E-state index in [1.54, 1.807) is 13.0 Å². The maximum Gasteiger partial charge on any atom is 0.314 e. The quantitative estimate of drug-likeness (QED) is 0.879. The first kappa shape index (κ1) is 13.3. The van der Waals surface area contributed by atoms with Crippen molar-refractivity contribution in [2.24, 2.45) is 0 Å². The van der Waals surface area contributed by atoms with Gasteiger partial charge in [-0.2, -0.15) is 0 Å². The summed E-state index contributed by atoms with van der Waals surface area (Å²) in [6.07, 6.45) is 3.87. The van der Waals surface area contributed by atoms with Gasteiger partial charge in [0.1, 0.15) is 5.82 Å². The molecule has 18 heavy (non-hydrogen) atoms. The molecule has 2 nitrogen and oxygen atoms in total. The highest BCUT2D eigenvalue weighted by molar-refractivity contribution is 6.31. The topological polar surface area (TPSA) is 37.3 Å². The monoisotopic (exact) mass is 270 g/mol. The normalized spacial score (nSPS) is 18.6. The summed E-state index contributed by atoms with van der Waals surface area (Å²) in [6, 6.07) is 2.94. The molecule has 0 unspecified atom stereocenters. The molecule has 1 aliphatic carbocycles. The molecule has 1 aliphatic rings. The van der Waals surface area contributed by atoms with Crippen molar-refractivity contribution in [3.05, 3.63) is 34.1 Å². The number of benzene rings is 1. The first-order valence-electron chi connectivity index (χ1n) is 6.17. The third-order valence-electron chi connectivity index (χ3n) is 3.95. The third-order valence-corrected chi connectivity index (χ3v) is 4.34. The van der Waals surface area contributed by atoms with Gasteiger partial charge in [-0.3, -0.25) is 4.79 Å². The molecule has 0 saturated heterocycles. The Hall–Kier alpha value is -1.09. The van der Waals surface area contributed by atoms with Crippen molar-refractivity contribution in [2.75, 3.05) is 0 Å². The van der Waals surface area contributed by atoms with Crippen molar-refractivity contribution in [1.29, 1.82) is 0 Å². The van der Waals surface area contributed by atoms with E-state index in [1.165, 1.54) is 6.07 Å². The summed E-state index contributed by atoms with van der Waals surface area (Å²) in [6.45, 7) is 1.59. The highest BCUT2D eigenvalue weighted by Gasteiger charge is 2.41. The average molecular weight is 271 g/mol. The summed E-state index contributed by atoms with van der Waals surface area (Å²) in [5.41, 5.74) is -0.0873. The van der Waals surface area contributed by atoms with Crippen molar-refractivity contribution in [3.8, 4) is 0 Å². The molecule has 1 N–H and O–H groups in total. The van der Waals surface area contributed by atoms with Crippen LogP contribution in [0.15, 0.2) is 12.1 Å². The fourth-order valence-electron chi connectivity index (χ4n) is 2.70. The standard InChI is InChI=1S/C14H16ClFO2/c1-9-11(15)7-10(8-12(9)16)14(13(17)18)5-3-2-4-6-14/h7-8H,2-6H2,1H3,(H,17,18). The second-order valence-electron chi connectivity index (χ2n) is 5.01. The molecule has 0 radical (unpaired) electrons. The second-order valence-corrected chi connectivity index (χ2v) is 5.42. The molecule has 1 fully saturated rings. The fraction of sp³-hybridized carbons (Fsp3) is 0.500. The summed E-state index contributed by atoms with van der Waals surface area (Å²) >= 11 is 5.97. The maximum absolute atomic E-state index is 13.8. The lowest BCUT2D eigenvalue weighted by Crippen LogP contribution is -2.38. The van der Waals surface area contributed by atoms with E-state index in [0.717, 1.165) is 19.3 Å². The average Bonchev–Trinajstić information content (AvgIpc) is 2.36. The van der Waals surface area contributed by atoms with Crippen molar-refractivity contribution >= 4 is 17.6 Å². The van der Waals surface area contributed by atoms with E-state index in [4.69, 9.17) is 11.6 Å². The number of carboxylic acid groups (broad SMARTS) is 1. The van der Waals surface area contributed by atoms with E-state index in [1.807, 2.05) is 0 Å². The van der Waals surface area contributed by atoms with E-state index >= 15 is 0 Å². The van der Waals surface area contributed by atoms with Crippen molar-refractivity contribution in [2.45, 2.75) is 44.4 Å². The number of aliphatic carboxylic acids is 1. The van der Waals surface area contributed by atoms with Crippen LogP contribution in [0.1, 0.15) is 43.2 Å². The van der Waals surface area contributed by atoms with Crippen LogP contribution in [0.3, 0.4) is 0 Å². The van der Waals surface area contributed by atoms with Crippen molar-refractivity contribution in [3.63, 3.8) is 0 Å². The van der Waals surface area contributed by atoms with Crippen molar-refractivity contribution in [1.82, 2.24) is 0 Å². The maximum atomic E-state index is 13.8. The summed E-state index contributed by atoms with van der Waals surface area (Å²) in [5.74, 6) is -1.30. The van der Waals surface area contributed by atoms with Gasteiger partial charge in [0.05, 0.1) is 5.41 Å². The number of rotatable bonds is 2. The van der Waals surface area contributed by atoms with Crippen LogP contribution >= 0.6 is 11.6 Å². The Morgan fingerprint density at radius 2 is 1.94 bits per heavy atom. The molecule has 0 aromatic heterocycles. The predicted octanol–water partition coefficient (Wildman–Crippen LogP) is 4.07. The summed E-state index contributed by atoms with van der Waals surface area (Å²) < 4.78 is 13.8. The predicted molar refractivity (Wildman–Crippen MR) is 68.5 cm³/mol. The zero-order chi connectivity index (χ0) is 13.3. The molecule has 0 bridgehead atoms. The molecule has 4 heteroatoms. The Morgan fingerprint density at radius 3 is 2.44 bits per heavy atom. The van der Waals surface area contributed by atoms with Crippen molar-refractivity contribution < 1.29 is 14.3 Å². The van der Waals surface area contributed by atoms with Crippen LogP contribution in [0.5, 0.6) is 0 Å². The van der Waals surface area contributed by atoms with Gasteiger partial charge in [0.15, 0.2) is 0 Å². The second kappa shape index (κ2) is 4.88. The lowest BCUT2D eigenvalue weighted by molar-refractivity contribution is -0.145. The number of carbonyl (C=O) groups is 1. The Labute approximate surface area is 111 Å². The van der Waals surface area contributed by atoms with Crippen LogP contribution in [0.2, 0.25) is 5.02 Å². The molecular weight excluding hydrogens is 255 g/mol. The van der Waals surface area contributed by atoms with Gasteiger partial charge < -0.3 is 5.11 Å². The smallest absolute Gasteiger partial charge is 0.314 e. The molecule has 0 heterocycles. The van der Waals surface area contributed by atoms with Crippen LogP contribution in [0.25, 0.3) is 0 Å². The van der Waals surface area contributed by atoms with Crippen LogP contribution in [0, 0.1) is 12.7 Å². The van der Waals surface area contributed by atoms with E-state index in [9.17, 15) is 14.3 Å². The largest absolute Gasteiger partial charge is 0.481 e. The molecular formula is C14H16ClFO2. The summed E-state index contributed by atoms with van der Waals surface area (Å²) in [5, 5.41) is 9.83. The van der Waals surface area contributed by atoms with Crippen LogP contribution in [-0.4, -0.2) is 11.1 Å². The van der Waals surface area contributed by atoms with Crippen LogP contribution in [-0.2, 0) is 10.2 Å². The van der Waals surface area contributed by atoms with E-state index < -0.39 is 17.2 Å². The van der Waals surface area contributed by atoms with Gasteiger partial charge in [0.25, 0.3) is 0 Å². The Bertz CT molecular complexity index is 456. The van der Waals surface area contributed by atoms with E-state index in [-0.39, 0.29) is 0 Å². The third kappa shape index (κ3) is 2.12. The molecule has 0 atom stereocenters. The molecule has 1 aromatic rings.